The Balaban J connectivity index is 0.00000240. The Morgan fingerprint density at radius 1 is 1.23 bits per heavy atom. The van der Waals surface area contributed by atoms with Gasteiger partial charge in [-0.3, -0.25) is 4.98 Å². The number of hydrogen-bond acceptors (Lipinski definition) is 4. The van der Waals surface area contributed by atoms with Gasteiger partial charge in [-0.1, -0.05) is 0 Å². The number of benzene rings is 1. The van der Waals surface area contributed by atoms with E-state index in [1.54, 1.807) is 17.6 Å². The lowest BCUT2D eigenvalue weighted by Crippen LogP contribution is -2.22. The van der Waals surface area contributed by atoms with Gasteiger partial charge in [0.2, 0.25) is 10.0 Å². The average Bonchev–Trinajstić information content (AvgIpc) is 2.92. The number of halogens is 4. The first-order valence-corrected chi connectivity index (χ1v) is 10.3. The van der Waals surface area contributed by atoms with Crippen molar-refractivity contribution < 1.29 is 17.2 Å². The van der Waals surface area contributed by atoms with Crippen molar-refractivity contribution in [3.63, 3.8) is 0 Å². The van der Waals surface area contributed by atoms with E-state index in [-0.39, 0.29) is 42.8 Å². The zero-order chi connectivity index (χ0) is 21.3. The normalized spacial score (nSPS) is 12.0. The fourth-order valence-corrected chi connectivity index (χ4v) is 4.17. The van der Waals surface area contributed by atoms with Crippen LogP contribution in [0.4, 0.5) is 8.78 Å². The lowest BCUT2D eigenvalue weighted by atomic mass is 10.0. The van der Waals surface area contributed by atoms with E-state index in [9.17, 15) is 17.2 Å². The van der Waals surface area contributed by atoms with Crippen LogP contribution in [0.3, 0.4) is 0 Å². The van der Waals surface area contributed by atoms with Crippen molar-refractivity contribution in [3.8, 4) is 11.1 Å². The number of nitrogens with zero attached hydrogens (tertiary/aromatic N) is 3. The van der Waals surface area contributed by atoms with Crippen molar-refractivity contribution in [2.75, 3.05) is 20.6 Å². The van der Waals surface area contributed by atoms with Gasteiger partial charge in [0.15, 0.2) is 0 Å². The van der Waals surface area contributed by atoms with Crippen molar-refractivity contribution in [1.29, 1.82) is 0 Å². The Morgan fingerprint density at radius 2 is 1.90 bits per heavy atom. The lowest BCUT2D eigenvalue weighted by Gasteiger charge is -2.12. The number of nitrogens with two attached hydrogens (primary N) is 1. The minimum absolute atomic E-state index is 0. The summed E-state index contributed by atoms with van der Waals surface area (Å²) in [5.74, 6) is -0.857. The first-order valence-electron chi connectivity index (χ1n) is 8.87. The van der Waals surface area contributed by atoms with Crippen molar-refractivity contribution in [2.24, 2.45) is 5.73 Å². The van der Waals surface area contributed by atoms with Crippen LogP contribution in [0.1, 0.15) is 5.69 Å². The molecule has 6 nitrogen and oxygen atoms in total. The number of hydrogen-bond donors (Lipinski definition) is 1. The van der Waals surface area contributed by atoms with E-state index in [1.807, 2.05) is 0 Å². The molecule has 11 heteroatoms. The van der Waals surface area contributed by atoms with Crippen LogP contribution in [0.25, 0.3) is 22.0 Å². The Bertz CT molecular complexity index is 1210. The Hall–Kier alpha value is -2.04. The van der Waals surface area contributed by atoms with E-state index in [2.05, 4.69) is 4.98 Å². The van der Waals surface area contributed by atoms with Crippen LogP contribution in [-0.4, -0.2) is 42.9 Å². The molecule has 170 valence electrons. The Labute approximate surface area is 192 Å². The number of pyridine rings is 1. The van der Waals surface area contributed by atoms with E-state index >= 15 is 0 Å². The summed E-state index contributed by atoms with van der Waals surface area (Å²) < 4.78 is 56.0. The average molecular weight is 493 g/mol. The van der Waals surface area contributed by atoms with Crippen molar-refractivity contribution in [1.82, 2.24) is 13.9 Å². The molecular weight excluding hydrogens is 469 g/mol. The number of rotatable bonds is 6. The molecule has 0 bridgehead atoms. The third kappa shape index (κ3) is 5.24. The van der Waals surface area contributed by atoms with Gasteiger partial charge in [0.25, 0.3) is 0 Å². The van der Waals surface area contributed by atoms with Crippen LogP contribution in [0.5, 0.6) is 0 Å². The topological polar surface area (TPSA) is 81.2 Å². The standard InChI is InChI=1S/C20H22F2N4O2S.2ClH/c1-13-20(14-8-17(11-24-10-14)29(27,28)25(2)3)18-9-15(21)4-5-19(18)26(13)12-16(22)6-7-23;;/h4-6,8-11H,7,12,23H2,1-3H3;2*1H/b16-6-;;. The molecule has 2 N–H and O–H groups in total. The molecule has 0 saturated carbocycles. The highest BCUT2D eigenvalue weighted by Gasteiger charge is 2.21. The SMILES string of the molecule is Cc1c(-c2cncc(S(=O)(=O)N(C)C)c2)c2cc(F)ccc2n1C/C(F)=C/CN.Cl.Cl. The number of fused-ring (bicyclic) bond motifs is 1. The largest absolute Gasteiger partial charge is 0.337 e. The molecular formula is C20H24Cl2F2N4O2S. The maximum atomic E-state index is 14.2. The second-order valence-corrected chi connectivity index (χ2v) is 8.94. The zero-order valence-corrected chi connectivity index (χ0v) is 19.6. The van der Waals surface area contributed by atoms with E-state index in [4.69, 9.17) is 5.73 Å². The van der Waals surface area contributed by atoms with E-state index in [0.29, 0.717) is 27.7 Å². The van der Waals surface area contributed by atoms with Gasteiger partial charge < -0.3 is 10.3 Å². The smallest absolute Gasteiger partial charge is 0.244 e. The van der Waals surface area contributed by atoms with Gasteiger partial charge in [-0.2, -0.15) is 0 Å². The minimum atomic E-state index is -3.69. The molecule has 31 heavy (non-hydrogen) atoms. The summed E-state index contributed by atoms with van der Waals surface area (Å²) in [7, 11) is -0.831. The summed E-state index contributed by atoms with van der Waals surface area (Å²) in [6.45, 7) is 1.78. The van der Waals surface area contributed by atoms with Gasteiger partial charge in [0.1, 0.15) is 16.5 Å². The summed E-state index contributed by atoms with van der Waals surface area (Å²) >= 11 is 0. The van der Waals surface area contributed by atoms with E-state index in [1.165, 1.54) is 50.8 Å². The van der Waals surface area contributed by atoms with E-state index in [0.717, 1.165) is 4.31 Å². The van der Waals surface area contributed by atoms with Gasteiger partial charge in [0, 0.05) is 60.8 Å². The molecule has 0 atom stereocenters. The van der Waals surface area contributed by atoms with Crippen molar-refractivity contribution in [2.45, 2.75) is 18.4 Å². The third-order valence-electron chi connectivity index (χ3n) is 4.71. The van der Waals surface area contributed by atoms with Crippen LogP contribution < -0.4 is 5.73 Å². The Morgan fingerprint density at radius 3 is 2.52 bits per heavy atom. The van der Waals surface area contributed by atoms with Crippen LogP contribution in [-0.2, 0) is 16.6 Å². The molecule has 3 rings (SSSR count). The molecule has 0 aliphatic heterocycles. The second kappa shape index (κ2) is 10.5. The molecule has 0 aliphatic rings. The highest BCUT2D eigenvalue weighted by molar-refractivity contribution is 7.89. The highest BCUT2D eigenvalue weighted by atomic mass is 35.5. The molecule has 3 aromatic rings. The van der Waals surface area contributed by atoms with Gasteiger partial charge in [-0.25, -0.2) is 21.5 Å². The predicted octanol–water partition coefficient (Wildman–Crippen LogP) is 4.06. The van der Waals surface area contributed by atoms with Crippen LogP contribution >= 0.6 is 24.8 Å². The zero-order valence-electron chi connectivity index (χ0n) is 17.2. The summed E-state index contributed by atoms with van der Waals surface area (Å²) in [4.78, 5) is 4.09. The number of allylic oxidation sites excluding steroid dienone is 1. The third-order valence-corrected chi connectivity index (χ3v) is 6.49. The molecule has 0 fully saturated rings. The molecule has 2 aromatic heterocycles. The van der Waals surface area contributed by atoms with Crippen LogP contribution in [0.15, 0.2) is 53.5 Å². The summed E-state index contributed by atoms with van der Waals surface area (Å²) in [6, 6.07) is 5.72. The molecule has 0 aliphatic carbocycles. The molecule has 0 amide bonds. The second-order valence-electron chi connectivity index (χ2n) is 6.79. The summed E-state index contributed by atoms with van der Waals surface area (Å²) in [6.07, 6.45) is 4.05. The lowest BCUT2D eigenvalue weighted by molar-refractivity contribution is 0.520. The van der Waals surface area contributed by atoms with Gasteiger partial charge in [-0.15, -0.1) is 24.8 Å². The molecule has 0 radical (unpaired) electrons. The van der Waals surface area contributed by atoms with Gasteiger partial charge in [-0.05, 0) is 37.3 Å². The van der Waals surface area contributed by atoms with Gasteiger partial charge in [0.05, 0.1) is 6.54 Å². The quantitative estimate of drug-likeness (QED) is 0.562. The Kier molecular flexibility index (Phi) is 9.16. The number of sulfonamides is 1. The maximum Gasteiger partial charge on any atom is 0.244 e. The molecule has 0 unspecified atom stereocenters. The number of aromatic nitrogens is 2. The maximum absolute atomic E-state index is 14.2. The summed E-state index contributed by atoms with van der Waals surface area (Å²) in [5.41, 5.74) is 7.78. The monoisotopic (exact) mass is 492 g/mol. The first kappa shape index (κ1) is 27.0. The molecule has 0 spiro atoms. The molecule has 2 heterocycles. The highest BCUT2D eigenvalue weighted by Crippen LogP contribution is 2.36. The predicted molar refractivity (Wildman–Crippen MR) is 123 cm³/mol. The summed E-state index contributed by atoms with van der Waals surface area (Å²) in [5, 5.41) is 0.546. The van der Waals surface area contributed by atoms with Crippen LogP contribution in [0.2, 0.25) is 0 Å². The van der Waals surface area contributed by atoms with Crippen LogP contribution in [0, 0.1) is 12.7 Å². The fourth-order valence-electron chi connectivity index (χ4n) is 3.27. The first-order chi connectivity index (χ1) is 13.7. The molecule has 0 saturated heterocycles. The molecule has 1 aromatic carbocycles. The minimum Gasteiger partial charge on any atom is -0.337 e. The van der Waals surface area contributed by atoms with E-state index < -0.39 is 21.7 Å². The van der Waals surface area contributed by atoms with Crippen molar-refractivity contribution >= 4 is 45.7 Å². The fraction of sp³-hybridized carbons (Fsp3) is 0.250. The van der Waals surface area contributed by atoms with Gasteiger partial charge >= 0.3 is 0 Å². The van der Waals surface area contributed by atoms with Crippen molar-refractivity contribution in [3.05, 3.63) is 60.1 Å².